The van der Waals surface area contributed by atoms with Crippen molar-refractivity contribution in [1.29, 1.82) is 0 Å². The molecule has 128 valence electrons. The SMILES string of the molecule is CCC=COc1ccc(CCc2ccc(CCC)cc2)c(F)c1F. The number of benzene rings is 2. The topological polar surface area (TPSA) is 9.23 Å². The normalized spacial score (nSPS) is 11.2. The van der Waals surface area contributed by atoms with Gasteiger partial charge < -0.3 is 4.74 Å². The lowest BCUT2D eigenvalue weighted by molar-refractivity contribution is 0.410. The fourth-order valence-electron chi connectivity index (χ4n) is 2.51. The van der Waals surface area contributed by atoms with Crippen LogP contribution < -0.4 is 4.74 Å². The Bertz CT molecular complexity index is 675. The van der Waals surface area contributed by atoms with Gasteiger partial charge in [-0.25, -0.2) is 4.39 Å². The molecule has 24 heavy (non-hydrogen) atoms. The van der Waals surface area contributed by atoms with Gasteiger partial charge in [-0.3, -0.25) is 0 Å². The van der Waals surface area contributed by atoms with Gasteiger partial charge in [0.05, 0.1) is 6.26 Å². The van der Waals surface area contributed by atoms with Crippen molar-refractivity contribution >= 4 is 0 Å². The molecule has 0 bridgehead atoms. The molecule has 0 aromatic heterocycles. The molecule has 3 heteroatoms. The number of hydrogen-bond acceptors (Lipinski definition) is 1. The van der Waals surface area contributed by atoms with E-state index in [1.165, 1.54) is 17.9 Å². The molecule has 0 fully saturated rings. The molecule has 0 aliphatic carbocycles. The Kier molecular flexibility index (Phi) is 6.98. The van der Waals surface area contributed by atoms with Gasteiger partial charge in [0.1, 0.15) is 0 Å². The summed E-state index contributed by atoms with van der Waals surface area (Å²) in [7, 11) is 0. The number of ether oxygens (including phenoxy) is 1. The van der Waals surface area contributed by atoms with Gasteiger partial charge in [0.2, 0.25) is 5.82 Å². The predicted molar refractivity (Wildman–Crippen MR) is 94.3 cm³/mol. The molecule has 0 spiro atoms. The van der Waals surface area contributed by atoms with E-state index in [-0.39, 0.29) is 5.75 Å². The van der Waals surface area contributed by atoms with Gasteiger partial charge in [-0.1, -0.05) is 50.6 Å². The molecule has 0 aliphatic heterocycles. The highest BCUT2D eigenvalue weighted by Gasteiger charge is 2.14. The van der Waals surface area contributed by atoms with E-state index < -0.39 is 11.6 Å². The second-order valence-electron chi connectivity index (χ2n) is 5.82. The third kappa shape index (κ3) is 4.92. The molecule has 0 atom stereocenters. The van der Waals surface area contributed by atoms with E-state index in [0.717, 1.165) is 24.8 Å². The standard InChI is InChI=1S/C21H24F2O/c1-3-5-15-24-19-14-13-18(20(22)21(19)23)12-11-17-9-7-16(6-4-2)8-10-17/h5,7-10,13-15H,3-4,6,11-12H2,1-2H3. The highest BCUT2D eigenvalue weighted by Crippen LogP contribution is 2.24. The van der Waals surface area contributed by atoms with E-state index in [0.29, 0.717) is 18.4 Å². The first kappa shape index (κ1) is 18.2. The van der Waals surface area contributed by atoms with Crippen molar-refractivity contribution in [3.8, 4) is 5.75 Å². The van der Waals surface area contributed by atoms with Crippen LogP contribution in [0.3, 0.4) is 0 Å². The van der Waals surface area contributed by atoms with Gasteiger partial charge in [0.25, 0.3) is 0 Å². The maximum absolute atomic E-state index is 14.2. The molecule has 2 aromatic rings. The Balaban J connectivity index is 2.02. The largest absolute Gasteiger partial charge is 0.462 e. The lowest BCUT2D eigenvalue weighted by Crippen LogP contribution is -2.00. The summed E-state index contributed by atoms with van der Waals surface area (Å²) in [5, 5.41) is 0. The van der Waals surface area contributed by atoms with Gasteiger partial charge >= 0.3 is 0 Å². The van der Waals surface area contributed by atoms with Crippen molar-refractivity contribution in [2.45, 2.75) is 46.0 Å². The van der Waals surface area contributed by atoms with Crippen LogP contribution in [-0.2, 0) is 19.3 Å². The molecule has 0 N–H and O–H groups in total. The zero-order valence-electron chi connectivity index (χ0n) is 14.3. The molecule has 0 amide bonds. The summed E-state index contributed by atoms with van der Waals surface area (Å²) in [5.41, 5.74) is 2.80. The van der Waals surface area contributed by atoms with E-state index in [1.54, 1.807) is 12.1 Å². The Morgan fingerprint density at radius 2 is 1.50 bits per heavy atom. The molecule has 0 aliphatic rings. The van der Waals surface area contributed by atoms with Crippen molar-refractivity contribution in [2.24, 2.45) is 0 Å². The molecular weight excluding hydrogens is 306 g/mol. The molecule has 2 aromatic carbocycles. The van der Waals surface area contributed by atoms with E-state index in [1.807, 2.05) is 6.92 Å². The van der Waals surface area contributed by atoms with Crippen LogP contribution in [0, 0.1) is 11.6 Å². The summed E-state index contributed by atoms with van der Waals surface area (Å²) in [5.74, 6) is -1.82. The Morgan fingerprint density at radius 1 is 0.833 bits per heavy atom. The fraction of sp³-hybridized carbons (Fsp3) is 0.333. The maximum atomic E-state index is 14.2. The minimum Gasteiger partial charge on any atom is -0.462 e. The zero-order chi connectivity index (χ0) is 17.4. The summed E-state index contributed by atoms with van der Waals surface area (Å²) in [4.78, 5) is 0. The molecule has 0 radical (unpaired) electrons. The molecule has 2 rings (SSSR count). The second kappa shape index (κ2) is 9.21. The Labute approximate surface area is 143 Å². The minimum absolute atomic E-state index is 0.0788. The van der Waals surface area contributed by atoms with Crippen LogP contribution in [-0.4, -0.2) is 0 Å². The van der Waals surface area contributed by atoms with Crippen molar-refractivity contribution in [3.63, 3.8) is 0 Å². The summed E-state index contributed by atoms with van der Waals surface area (Å²) >= 11 is 0. The van der Waals surface area contributed by atoms with Crippen molar-refractivity contribution < 1.29 is 13.5 Å². The van der Waals surface area contributed by atoms with E-state index in [2.05, 4.69) is 31.2 Å². The lowest BCUT2D eigenvalue weighted by atomic mass is 10.0. The molecule has 0 saturated carbocycles. The second-order valence-corrected chi connectivity index (χ2v) is 5.82. The average molecular weight is 330 g/mol. The maximum Gasteiger partial charge on any atom is 0.201 e. The van der Waals surface area contributed by atoms with Gasteiger partial charge in [-0.2, -0.15) is 4.39 Å². The number of aryl methyl sites for hydroxylation is 3. The third-order valence-corrected chi connectivity index (χ3v) is 3.90. The molecule has 1 nitrogen and oxygen atoms in total. The van der Waals surface area contributed by atoms with Crippen molar-refractivity contribution in [1.82, 2.24) is 0 Å². The van der Waals surface area contributed by atoms with Gasteiger partial charge in [-0.15, -0.1) is 0 Å². The zero-order valence-corrected chi connectivity index (χ0v) is 14.3. The van der Waals surface area contributed by atoms with Crippen LogP contribution in [0.15, 0.2) is 48.7 Å². The monoisotopic (exact) mass is 330 g/mol. The predicted octanol–water partition coefficient (Wildman–Crippen LogP) is 6.01. The van der Waals surface area contributed by atoms with E-state index in [9.17, 15) is 8.78 Å². The van der Waals surface area contributed by atoms with Crippen LogP contribution in [0.1, 0.15) is 43.4 Å². The lowest BCUT2D eigenvalue weighted by Gasteiger charge is -2.08. The van der Waals surface area contributed by atoms with Crippen LogP contribution in [0.25, 0.3) is 0 Å². The highest BCUT2D eigenvalue weighted by molar-refractivity contribution is 5.32. The Morgan fingerprint density at radius 3 is 2.12 bits per heavy atom. The number of rotatable bonds is 8. The first-order valence-corrected chi connectivity index (χ1v) is 8.52. The quantitative estimate of drug-likeness (QED) is 0.539. The van der Waals surface area contributed by atoms with Crippen molar-refractivity contribution in [2.75, 3.05) is 0 Å². The molecule has 0 unspecified atom stereocenters. The number of allylic oxidation sites excluding steroid dienone is 1. The average Bonchev–Trinajstić information content (AvgIpc) is 2.60. The van der Waals surface area contributed by atoms with Crippen LogP contribution >= 0.6 is 0 Å². The van der Waals surface area contributed by atoms with E-state index in [4.69, 9.17) is 4.74 Å². The van der Waals surface area contributed by atoms with Gasteiger partial charge in [0.15, 0.2) is 11.6 Å². The van der Waals surface area contributed by atoms with E-state index >= 15 is 0 Å². The third-order valence-electron chi connectivity index (χ3n) is 3.90. The van der Waals surface area contributed by atoms with Gasteiger partial charge in [0, 0.05) is 0 Å². The molecule has 0 heterocycles. The van der Waals surface area contributed by atoms with Crippen molar-refractivity contribution in [3.05, 3.63) is 77.1 Å². The highest BCUT2D eigenvalue weighted by atomic mass is 19.2. The summed E-state index contributed by atoms with van der Waals surface area (Å²) < 4.78 is 33.3. The molecular formula is C21H24F2O. The number of halogens is 2. The first-order valence-electron chi connectivity index (χ1n) is 8.52. The van der Waals surface area contributed by atoms with Crippen LogP contribution in [0.4, 0.5) is 8.78 Å². The summed E-state index contributed by atoms with van der Waals surface area (Å²) in [6, 6.07) is 11.4. The fourth-order valence-corrected chi connectivity index (χ4v) is 2.51. The first-order chi connectivity index (χ1) is 11.7. The summed E-state index contributed by atoms with van der Waals surface area (Å²) in [6.45, 7) is 4.09. The number of hydrogen-bond donors (Lipinski definition) is 0. The Hall–Kier alpha value is -2.16. The minimum atomic E-state index is -0.924. The van der Waals surface area contributed by atoms with Gasteiger partial charge in [-0.05, 0) is 54.5 Å². The van der Waals surface area contributed by atoms with Crippen LogP contribution in [0.5, 0.6) is 5.75 Å². The molecule has 0 saturated heterocycles. The van der Waals surface area contributed by atoms with Crippen LogP contribution in [0.2, 0.25) is 0 Å². The smallest absolute Gasteiger partial charge is 0.201 e. The summed E-state index contributed by atoms with van der Waals surface area (Å²) in [6.07, 6.45) is 7.22.